The van der Waals surface area contributed by atoms with Gasteiger partial charge in [0.05, 0.1) is 5.69 Å². The van der Waals surface area contributed by atoms with Crippen LogP contribution in [0.2, 0.25) is 0 Å². The molecule has 6 heteroatoms. The Bertz CT molecular complexity index is 1200. The van der Waals surface area contributed by atoms with Crippen LogP contribution in [0.25, 0.3) is 5.69 Å². The third-order valence-corrected chi connectivity index (χ3v) is 6.69. The molecule has 5 rings (SSSR count). The minimum atomic E-state index is -0.218. The van der Waals surface area contributed by atoms with E-state index in [1.165, 1.54) is 0 Å². The van der Waals surface area contributed by atoms with Gasteiger partial charge in [-0.3, -0.25) is 9.59 Å². The molecule has 0 radical (unpaired) electrons. The van der Waals surface area contributed by atoms with E-state index in [0.29, 0.717) is 16.9 Å². The second kappa shape index (κ2) is 8.26. The van der Waals surface area contributed by atoms with E-state index in [2.05, 4.69) is 18.3 Å². The average Bonchev–Trinajstić information content (AvgIpc) is 3.53. The molecule has 164 valence electrons. The standard InChI is InChI=1S/C26H28N4O2/c1-17-9-3-4-13-22(17)30-23-14-8-11-20(23)24(28-30)25(31)27-21-12-7-10-19(18(21)2)26(32)29-15-5-6-16-29/h3-4,7,9-10,12-13H,5-6,8,11,14-16H2,1-2H3,(H,27,31). The summed E-state index contributed by atoms with van der Waals surface area (Å²) in [6.45, 7) is 5.56. The normalized spacial score (nSPS) is 15.1. The van der Waals surface area contributed by atoms with Gasteiger partial charge < -0.3 is 10.2 Å². The maximum Gasteiger partial charge on any atom is 0.276 e. The molecule has 2 aliphatic rings. The van der Waals surface area contributed by atoms with Gasteiger partial charge in [0.25, 0.3) is 11.8 Å². The summed E-state index contributed by atoms with van der Waals surface area (Å²) >= 11 is 0. The molecule has 0 saturated carbocycles. The Morgan fingerprint density at radius 1 is 0.938 bits per heavy atom. The van der Waals surface area contributed by atoms with Gasteiger partial charge in [0.15, 0.2) is 5.69 Å². The van der Waals surface area contributed by atoms with Gasteiger partial charge in [-0.15, -0.1) is 0 Å². The summed E-state index contributed by atoms with van der Waals surface area (Å²) in [6, 6.07) is 13.6. The van der Waals surface area contributed by atoms with Gasteiger partial charge in [-0.2, -0.15) is 5.10 Å². The van der Waals surface area contributed by atoms with E-state index in [-0.39, 0.29) is 11.8 Å². The van der Waals surface area contributed by atoms with Crippen molar-refractivity contribution in [3.05, 3.63) is 76.1 Å². The molecule has 1 aromatic heterocycles. The van der Waals surface area contributed by atoms with Crippen LogP contribution in [0.1, 0.15) is 62.5 Å². The summed E-state index contributed by atoms with van der Waals surface area (Å²) in [5.41, 5.74) is 6.90. The first-order chi connectivity index (χ1) is 15.5. The molecule has 1 N–H and O–H groups in total. The fourth-order valence-electron chi connectivity index (χ4n) is 4.89. The Morgan fingerprint density at radius 3 is 2.50 bits per heavy atom. The van der Waals surface area contributed by atoms with Crippen LogP contribution in [-0.2, 0) is 12.8 Å². The monoisotopic (exact) mass is 428 g/mol. The highest BCUT2D eigenvalue weighted by atomic mass is 16.2. The molecule has 1 fully saturated rings. The third kappa shape index (κ3) is 3.49. The van der Waals surface area contributed by atoms with E-state index < -0.39 is 0 Å². The topological polar surface area (TPSA) is 67.2 Å². The van der Waals surface area contributed by atoms with Gasteiger partial charge in [-0.25, -0.2) is 4.68 Å². The molecule has 2 aromatic carbocycles. The summed E-state index contributed by atoms with van der Waals surface area (Å²) in [4.78, 5) is 28.1. The van der Waals surface area contributed by atoms with Crippen molar-refractivity contribution in [2.75, 3.05) is 18.4 Å². The van der Waals surface area contributed by atoms with Gasteiger partial charge in [0, 0.05) is 35.6 Å². The Morgan fingerprint density at radius 2 is 1.72 bits per heavy atom. The molecule has 3 aromatic rings. The number of fused-ring (bicyclic) bond motifs is 1. The minimum Gasteiger partial charge on any atom is -0.339 e. The minimum absolute atomic E-state index is 0.0424. The molecule has 2 amide bonds. The van der Waals surface area contributed by atoms with Gasteiger partial charge in [0.1, 0.15) is 0 Å². The van der Waals surface area contributed by atoms with Crippen LogP contribution >= 0.6 is 0 Å². The number of hydrogen-bond donors (Lipinski definition) is 1. The van der Waals surface area contributed by atoms with Crippen molar-refractivity contribution >= 4 is 17.5 Å². The number of anilines is 1. The number of nitrogens with one attached hydrogen (secondary N) is 1. The highest BCUT2D eigenvalue weighted by Crippen LogP contribution is 2.30. The number of benzene rings is 2. The first kappa shape index (κ1) is 20.5. The fraction of sp³-hybridized carbons (Fsp3) is 0.346. The van der Waals surface area contributed by atoms with Crippen molar-refractivity contribution in [1.29, 1.82) is 0 Å². The largest absolute Gasteiger partial charge is 0.339 e. The average molecular weight is 429 g/mol. The summed E-state index contributed by atoms with van der Waals surface area (Å²) < 4.78 is 1.94. The predicted octanol–water partition coefficient (Wildman–Crippen LogP) is 4.47. The predicted molar refractivity (Wildman–Crippen MR) is 125 cm³/mol. The fourth-order valence-corrected chi connectivity index (χ4v) is 4.89. The van der Waals surface area contributed by atoms with Crippen molar-refractivity contribution in [3.63, 3.8) is 0 Å². The first-order valence-electron chi connectivity index (χ1n) is 11.4. The second-order valence-electron chi connectivity index (χ2n) is 8.76. The molecule has 0 unspecified atom stereocenters. The van der Waals surface area contributed by atoms with E-state index in [4.69, 9.17) is 5.10 Å². The van der Waals surface area contributed by atoms with Crippen LogP contribution in [0.3, 0.4) is 0 Å². The molecule has 0 spiro atoms. The molecule has 0 atom stereocenters. The highest BCUT2D eigenvalue weighted by molar-refractivity contribution is 6.06. The molecule has 1 saturated heterocycles. The van der Waals surface area contributed by atoms with E-state index in [1.54, 1.807) is 0 Å². The van der Waals surface area contributed by atoms with E-state index in [9.17, 15) is 9.59 Å². The molecular formula is C26H28N4O2. The van der Waals surface area contributed by atoms with Crippen LogP contribution in [0.4, 0.5) is 5.69 Å². The maximum atomic E-state index is 13.3. The lowest BCUT2D eigenvalue weighted by molar-refractivity contribution is 0.0791. The number of carbonyl (C=O) groups excluding carboxylic acids is 2. The lowest BCUT2D eigenvalue weighted by Gasteiger charge is -2.18. The van der Waals surface area contributed by atoms with Crippen LogP contribution in [0.15, 0.2) is 42.5 Å². The number of aromatic nitrogens is 2. The van der Waals surface area contributed by atoms with Crippen LogP contribution in [-0.4, -0.2) is 39.6 Å². The van der Waals surface area contributed by atoms with Crippen LogP contribution < -0.4 is 5.32 Å². The zero-order chi connectivity index (χ0) is 22.2. The Kier molecular flexibility index (Phi) is 5.29. The first-order valence-corrected chi connectivity index (χ1v) is 11.4. The summed E-state index contributed by atoms with van der Waals surface area (Å²) in [5, 5.41) is 7.77. The van der Waals surface area contributed by atoms with Crippen molar-refractivity contribution < 1.29 is 9.59 Å². The molecule has 2 heterocycles. The number of carbonyl (C=O) groups is 2. The lowest BCUT2D eigenvalue weighted by atomic mass is 10.0. The lowest BCUT2D eigenvalue weighted by Crippen LogP contribution is -2.28. The summed E-state index contributed by atoms with van der Waals surface area (Å²) in [5.74, 6) is -0.176. The molecule has 6 nitrogen and oxygen atoms in total. The quantitative estimate of drug-likeness (QED) is 0.667. The van der Waals surface area contributed by atoms with Crippen LogP contribution in [0.5, 0.6) is 0 Å². The van der Waals surface area contributed by atoms with Gasteiger partial charge in [-0.05, 0) is 75.3 Å². The zero-order valence-corrected chi connectivity index (χ0v) is 18.6. The molecule has 1 aliphatic carbocycles. The molecule has 32 heavy (non-hydrogen) atoms. The Labute approximate surface area is 188 Å². The molecule has 0 bridgehead atoms. The van der Waals surface area contributed by atoms with Gasteiger partial charge in [-0.1, -0.05) is 24.3 Å². The van der Waals surface area contributed by atoms with Gasteiger partial charge in [0.2, 0.25) is 0 Å². The van der Waals surface area contributed by atoms with Crippen molar-refractivity contribution in [2.45, 2.75) is 46.0 Å². The van der Waals surface area contributed by atoms with E-state index in [0.717, 1.165) is 73.3 Å². The number of likely N-dealkylation sites (tertiary alicyclic amines) is 1. The van der Waals surface area contributed by atoms with Crippen LogP contribution in [0, 0.1) is 13.8 Å². The van der Waals surface area contributed by atoms with E-state index >= 15 is 0 Å². The zero-order valence-electron chi connectivity index (χ0n) is 18.6. The van der Waals surface area contributed by atoms with Gasteiger partial charge >= 0.3 is 0 Å². The SMILES string of the molecule is Cc1ccccc1-n1nc(C(=O)Nc2cccc(C(=O)N3CCCC3)c2C)c2c1CCC2. The van der Waals surface area contributed by atoms with Crippen molar-refractivity contribution in [2.24, 2.45) is 0 Å². The Balaban J connectivity index is 1.45. The number of aryl methyl sites for hydroxylation is 1. The number of rotatable bonds is 4. The highest BCUT2D eigenvalue weighted by Gasteiger charge is 2.28. The Hall–Kier alpha value is -3.41. The number of nitrogens with zero attached hydrogens (tertiary/aromatic N) is 3. The maximum absolute atomic E-state index is 13.3. The second-order valence-corrected chi connectivity index (χ2v) is 8.76. The van der Waals surface area contributed by atoms with Crippen molar-refractivity contribution in [3.8, 4) is 5.69 Å². The summed E-state index contributed by atoms with van der Waals surface area (Å²) in [6.07, 6.45) is 4.91. The third-order valence-electron chi connectivity index (χ3n) is 6.69. The summed E-state index contributed by atoms with van der Waals surface area (Å²) in [7, 11) is 0. The number of para-hydroxylation sites is 1. The number of amides is 2. The molecular weight excluding hydrogens is 400 g/mol. The van der Waals surface area contributed by atoms with Crippen molar-refractivity contribution in [1.82, 2.24) is 14.7 Å². The smallest absolute Gasteiger partial charge is 0.276 e. The molecule has 1 aliphatic heterocycles. The van der Waals surface area contributed by atoms with E-state index in [1.807, 2.05) is 52.9 Å². The number of hydrogen-bond acceptors (Lipinski definition) is 3.